The van der Waals surface area contributed by atoms with Crippen LogP contribution < -0.4 is 24.8 Å². The van der Waals surface area contributed by atoms with Crippen molar-refractivity contribution in [1.29, 1.82) is 0 Å². The van der Waals surface area contributed by atoms with E-state index in [1.165, 1.54) is 0 Å². The Bertz CT molecular complexity index is 1090. The fourth-order valence-electron chi connectivity index (χ4n) is 2.97. The number of nitrogens with one attached hydrogen (secondary N) is 2. The van der Waals surface area contributed by atoms with Crippen LogP contribution in [-0.2, 0) is 0 Å². The van der Waals surface area contributed by atoms with Crippen molar-refractivity contribution < 1.29 is 19.0 Å². The summed E-state index contributed by atoms with van der Waals surface area (Å²) in [6.45, 7) is 8.67. The van der Waals surface area contributed by atoms with Gasteiger partial charge in [-0.15, -0.1) is 0 Å². The first-order valence-electron chi connectivity index (χ1n) is 10.6. The third-order valence-corrected chi connectivity index (χ3v) is 4.93. The molecule has 9 heteroatoms. The number of rotatable bonds is 7. The fraction of sp³-hybridized carbons (Fsp3) is 0.375. The Kier molecular flexibility index (Phi) is 9.76. The molecule has 1 atom stereocenters. The van der Waals surface area contributed by atoms with Crippen molar-refractivity contribution in [2.45, 2.75) is 33.8 Å². The predicted octanol–water partition coefficient (Wildman–Crippen LogP) is 3.85. The van der Waals surface area contributed by atoms with Crippen molar-refractivity contribution in [1.82, 2.24) is 20.5 Å². The maximum absolute atomic E-state index is 12.1. The number of fused-ring (bicyclic) bond motifs is 1. The molecule has 2 rings (SSSR count). The average Bonchev–Trinajstić information content (AvgIpc) is 2.81. The lowest BCUT2D eigenvalue weighted by molar-refractivity contribution is 0.208. The molecule has 0 aliphatic heterocycles. The molecule has 1 aromatic carbocycles. The summed E-state index contributed by atoms with van der Waals surface area (Å²) in [5, 5.41) is 6.56. The summed E-state index contributed by atoms with van der Waals surface area (Å²) in [5.41, 5.74) is 1.27. The summed E-state index contributed by atoms with van der Waals surface area (Å²) in [4.78, 5) is 18.1. The van der Waals surface area contributed by atoms with Crippen LogP contribution in [0.2, 0.25) is 0 Å². The number of hydrogen-bond donors (Lipinski definition) is 2. The monoisotopic (exact) mass is 470 g/mol. The fourth-order valence-corrected chi connectivity index (χ4v) is 3.16. The molecule has 2 N–H and O–H groups in total. The summed E-state index contributed by atoms with van der Waals surface area (Å²) in [6.07, 6.45) is 3.01. The van der Waals surface area contributed by atoms with Crippen LogP contribution in [0.25, 0.3) is 10.9 Å². The molecule has 0 radical (unpaired) electrons. The largest absolute Gasteiger partial charge is 0.493 e. The predicted molar refractivity (Wildman–Crippen MR) is 134 cm³/mol. The van der Waals surface area contributed by atoms with Gasteiger partial charge in [0.05, 0.1) is 25.4 Å². The SMILES string of the molecule is C/C=C(\C#CC(C)Oc1ccnc2cc(OC)c(OC)cc12)NC(=S)NC(=O)N(CC)CC. The number of allylic oxidation sites excluding steroid dienone is 2. The summed E-state index contributed by atoms with van der Waals surface area (Å²) >= 11 is 5.23. The van der Waals surface area contributed by atoms with Crippen LogP contribution in [0.4, 0.5) is 4.79 Å². The van der Waals surface area contributed by atoms with Crippen molar-refractivity contribution in [2.75, 3.05) is 27.3 Å². The van der Waals surface area contributed by atoms with Crippen LogP contribution >= 0.6 is 12.2 Å². The summed E-state index contributed by atoms with van der Waals surface area (Å²) in [7, 11) is 3.16. The lowest BCUT2D eigenvalue weighted by Gasteiger charge is -2.19. The number of thiocarbonyl (C=S) groups is 1. The standard InChI is InChI=1S/C24H30N4O4S/c1-7-17(26-23(33)27-24(29)28(8-2)9-3)11-10-16(4)32-20-12-13-25-19-15-22(31-6)21(30-5)14-18(19)20/h7,12-16H,8-9H2,1-6H3,(H2,26,27,29,33)/b17-7+. The van der Waals surface area contributed by atoms with Gasteiger partial charge >= 0.3 is 6.03 Å². The number of pyridine rings is 1. The molecule has 0 fully saturated rings. The number of aromatic nitrogens is 1. The Morgan fingerprint density at radius 3 is 2.45 bits per heavy atom. The van der Waals surface area contributed by atoms with Gasteiger partial charge in [-0.1, -0.05) is 12.0 Å². The average molecular weight is 471 g/mol. The molecule has 0 spiro atoms. The molecule has 33 heavy (non-hydrogen) atoms. The molecule has 1 heterocycles. The topological polar surface area (TPSA) is 85.0 Å². The molecule has 0 aliphatic rings. The highest BCUT2D eigenvalue weighted by Crippen LogP contribution is 2.35. The Hall–Kier alpha value is -3.51. The van der Waals surface area contributed by atoms with Gasteiger partial charge in [0.1, 0.15) is 5.75 Å². The van der Waals surface area contributed by atoms with Gasteiger partial charge in [-0.3, -0.25) is 10.3 Å². The highest BCUT2D eigenvalue weighted by Gasteiger charge is 2.13. The quantitative estimate of drug-likeness (QED) is 0.470. The van der Waals surface area contributed by atoms with Gasteiger partial charge < -0.3 is 24.4 Å². The van der Waals surface area contributed by atoms with Crippen LogP contribution in [0, 0.1) is 11.8 Å². The van der Waals surface area contributed by atoms with Gasteiger partial charge in [-0.05, 0) is 58.0 Å². The van der Waals surface area contributed by atoms with E-state index in [4.69, 9.17) is 26.4 Å². The minimum absolute atomic E-state index is 0.184. The molecule has 0 aliphatic carbocycles. The summed E-state index contributed by atoms with van der Waals surface area (Å²) in [6, 6.07) is 5.15. The van der Waals surface area contributed by atoms with Crippen molar-refractivity contribution in [3.63, 3.8) is 0 Å². The van der Waals surface area contributed by atoms with E-state index in [0.717, 1.165) is 10.9 Å². The molecule has 0 saturated carbocycles. The van der Waals surface area contributed by atoms with Gasteiger partial charge in [-0.25, -0.2) is 4.79 Å². The second-order valence-corrected chi connectivity index (χ2v) is 7.23. The second kappa shape index (κ2) is 12.5. The van der Waals surface area contributed by atoms with E-state index < -0.39 is 6.10 Å². The number of amides is 2. The molecule has 2 aromatic rings. The molecular weight excluding hydrogens is 440 g/mol. The van der Waals surface area contributed by atoms with Crippen molar-refractivity contribution >= 4 is 34.3 Å². The molecule has 0 saturated heterocycles. The first-order chi connectivity index (χ1) is 15.9. The zero-order valence-corrected chi connectivity index (χ0v) is 20.6. The summed E-state index contributed by atoms with van der Waals surface area (Å²) < 4.78 is 16.8. The lowest BCUT2D eigenvalue weighted by atomic mass is 10.2. The lowest BCUT2D eigenvalue weighted by Crippen LogP contribution is -2.46. The normalized spacial score (nSPS) is 11.6. The first kappa shape index (κ1) is 25.7. The minimum atomic E-state index is -0.431. The molecule has 8 nitrogen and oxygen atoms in total. The number of hydrogen-bond acceptors (Lipinski definition) is 6. The minimum Gasteiger partial charge on any atom is -0.493 e. The van der Waals surface area contributed by atoms with Crippen LogP contribution in [0.3, 0.4) is 0 Å². The molecule has 1 aromatic heterocycles. The van der Waals surface area contributed by atoms with Crippen LogP contribution in [0.15, 0.2) is 36.2 Å². The summed E-state index contributed by atoms with van der Waals surface area (Å²) in [5.74, 6) is 7.84. The number of carbonyl (C=O) groups is 1. The van der Waals surface area contributed by atoms with Crippen LogP contribution in [0.1, 0.15) is 27.7 Å². The van der Waals surface area contributed by atoms with Gasteiger partial charge in [0.2, 0.25) is 0 Å². The molecule has 0 bridgehead atoms. The third-order valence-electron chi connectivity index (χ3n) is 4.73. The zero-order chi connectivity index (χ0) is 24.4. The van der Waals surface area contributed by atoms with Crippen molar-refractivity contribution in [2.24, 2.45) is 0 Å². The van der Waals surface area contributed by atoms with Gasteiger partial charge in [0.25, 0.3) is 0 Å². The van der Waals surface area contributed by atoms with E-state index in [2.05, 4.69) is 27.5 Å². The number of urea groups is 1. The Balaban J connectivity index is 2.11. The van der Waals surface area contributed by atoms with Crippen LogP contribution in [-0.4, -0.2) is 54.4 Å². The zero-order valence-electron chi connectivity index (χ0n) is 19.8. The Morgan fingerprint density at radius 2 is 1.85 bits per heavy atom. The van der Waals surface area contributed by atoms with E-state index in [0.29, 0.717) is 36.0 Å². The smallest absolute Gasteiger partial charge is 0.323 e. The number of carbonyl (C=O) groups excluding carboxylic acids is 1. The Labute approximate surface area is 200 Å². The van der Waals surface area contributed by atoms with Crippen LogP contribution in [0.5, 0.6) is 17.2 Å². The van der Waals surface area contributed by atoms with E-state index in [1.54, 1.807) is 43.5 Å². The first-order valence-corrected chi connectivity index (χ1v) is 11.0. The molecule has 1 unspecified atom stereocenters. The van der Waals surface area contributed by atoms with Gasteiger partial charge in [-0.2, -0.15) is 0 Å². The second-order valence-electron chi connectivity index (χ2n) is 6.82. The third kappa shape index (κ3) is 6.99. The van der Waals surface area contributed by atoms with Crippen molar-refractivity contribution in [3.05, 3.63) is 36.2 Å². The maximum atomic E-state index is 12.1. The number of nitrogens with zero attached hydrogens (tertiary/aromatic N) is 2. The molecule has 176 valence electrons. The van der Waals surface area contributed by atoms with Crippen molar-refractivity contribution in [3.8, 4) is 29.1 Å². The number of benzene rings is 1. The number of methoxy groups -OCH3 is 2. The maximum Gasteiger partial charge on any atom is 0.323 e. The van der Waals surface area contributed by atoms with E-state index in [-0.39, 0.29) is 11.1 Å². The molecule has 2 amide bonds. The highest BCUT2D eigenvalue weighted by atomic mass is 32.1. The Morgan fingerprint density at radius 1 is 1.18 bits per heavy atom. The van der Waals surface area contributed by atoms with E-state index in [1.807, 2.05) is 33.8 Å². The highest BCUT2D eigenvalue weighted by molar-refractivity contribution is 7.80. The van der Waals surface area contributed by atoms with Gasteiger partial charge in [0.15, 0.2) is 22.7 Å². The van der Waals surface area contributed by atoms with Gasteiger partial charge in [0, 0.05) is 30.7 Å². The van der Waals surface area contributed by atoms with E-state index >= 15 is 0 Å². The molecular formula is C24H30N4O4S. The van der Waals surface area contributed by atoms with E-state index in [9.17, 15) is 4.79 Å². The number of ether oxygens (including phenoxy) is 3.